The summed E-state index contributed by atoms with van der Waals surface area (Å²) in [6.07, 6.45) is 0. The summed E-state index contributed by atoms with van der Waals surface area (Å²) in [5, 5.41) is 6.47. The number of anilines is 1. The molecule has 0 atom stereocenters. The number of halogens is 2. The quantitative estimate of drug-likeness (QED) is 0.190. The number of thiocarbonyl (C=S) groups is 2. The maximum Gasteiger partial charge on any atom is 0.258 e. The molecule has 3 aromatic carbocycles. The normalized spacial score (nSPS) is 10.5. The van der Waals surface area contributed by atoms with E-state index in [0.717, 1.165) is 5.52 Å². The average Bonchev–Trinajstić information content (AvgIpc) is 3.26. The molecule has 0 unspecified atom stereocenters. The van der Waals surface area contributed by atoms with Crippen LogP contribution < -0.4 is 21.1 Å². The third-order valence-corrected chi connectivity index (χ3v) is 6.55. The molecular weight excluding hydrogens is 616 g/mol. The molecule has 0 aliphatic carbocycles. The second-order valence-corrected chi connectivity index (χ2v) is 9.53. The molecule has 12 heteroatoms. The van der Waals surface area contributed by atoms with E-state index in [1.165, 1.54) is 5.01 Å². The molecule has 0 fully saturated rings. The van der Waals surface area contributed by atoms with E-state index >= 15 is 0 Å². The number of nitrogens with one attached hydrogen (secondary N) is 4. The van der Waals surface area contributed by atoms with Crippen LogP contribution in [-0.4, -0.2) is 32.0 Å². The smallest absolute Gasteiger partial charge is 0.258 e. The predicted molar refractivity (Wildman–Crippen MR) is 150 cm³/mol. The summed E-state index contributed by atoms with van der Waals surface area (Å²) in [6.45, 7) is 0. The van der Waals surface area contributed by atoms with Gasteiger partial charge in [-0.3, -0.25) is 25.6 Å². The molecule has 4 N–H and O–H groups in total. The molecule has 176 valence electrons. The van der Waals surface area contributed by atoms with Gasteiger partial charge in [-0.1, -0.05) is 36.4 Å². The number of amides is 2. The van der Waals surface area contributed by atoms with Gasteiger partial charge in [0.25, 0.3) is 11.8 Å². The molecule has 0 radical (unpaired) electrons. The molecule has 0 spiro atoms. The molecular formula is C23H16Br2N6O2S2. The van der Waals surface area contributed by atoms with Crippen LogP contribution in [0.3, 0.4) is 0 Å². The van der Waals surface area contributed by atoms with E-state index in [1.807, 2.05) is 24.3 Å². The van der Waals surface area contributed by atoms with Gasteiger partial charge in [0.05, 0.1) is 22.2 Å². The van der Waals surface area contributed by atoms with Crippen LogP contribution in [0.5, 0.6) is 0 Å². The van der Waals surface area contributed by atoms with Crippen molar-refractivity contribution in [2.75, 3.05) is 5.01 Å². The maximum absolute atomic E-state index is 12.8. The van der Waals surface area contributed by atoms with Crippen molar-refractivity contribution in [2.45, 2.75) is 0 Å². The topological polar surface area (TPSA) is 102 Å². The zero-order chi connectivity index (χ0) is 24.9. The third kappa shape index (κ3) is 5.90. The van der Waals surface area contributed by atoms with Crippen LogP contribution in [0, 0.1) is 0 Å². The molecule has 1 aromatic heterocycles. The zero-order valence-corrected chi connectivity index (χ0v) is 22.5. The zero-order valence-electron chi connectivity index (χ0n) is 17.7. The molecule has 0 aliphatic heterocycles. The van der Waals surface area contributed by atoms with E-state index in [-0.39, 0.29) is 16.2 Å². The summed E-state index contributed by atoms with van der Waals surface area (Å²) in [5.74, 6) is -0.600. The molecule has 35 heavy (non-hydrogen) atoms. The highest BCUT2D eigenvalue weighted by Crippen LogP contribution is 2.18. The Morgan fingerprint density at radius 3 is 1.94 bits per heavy atom. The molecule has 0 saturated heterocycles. The highest BCUT2D eigenvalue weighted by molar-refractivity contribution is 9.10. The van der Waals surface area contributed by atoms with Crippen molar-refractivity contribution in [2.24, 2.45) is 0 Å². The largest absolute Gasteiger partial charge is 0.322 e. The van der Waals surface area contributed by atoms with Crippen molar-refractivity contribution in [3.8, 4) is 0 Å². The Hall–Kier alpha value is -3.19. The molecule has 2 amide bonds. The van der Waals surface area contributed by atoms with Crippen molar-refractivity contribution >= 4 is 95.3 Å². The number of H-pyrrole nitrogens is 1. The maximum atomic E-state index is 12.8. The highest BCUT2D eigenvalue weighted by Gasteiger charge is 2.22. The van der Waals surface area contributed by atoms with Gasteiger partial charge >= 0.3 is 0 Å². The molecule has 4 aromatic rings. The van der Waals surface area contributed by atoms with Crippen molar-refractivity contribution in [1.29, 1.82) is 0 Å². The Labute approximate surface area is 227 Å². The van der Waals surface area contributed by atoms with Crippen LogP contribution in [0.15, 0.2) is 81.7 Å². The molecule has 0 aliphatic rings. The first kappa shape index (κ1) is 24.9. The first-order valence-corrected chi connectivity index (χ1v) is 12.4. The van der Waals surface area contributed by atoms with Crippen LogP contribution in [-0.2, 0) is 0 Å². The second-order valence-electron chi connectivity index (χ2n) is 7.03. The monoisotopic (exact) mass is 630 g/mol. The van der Waals surface area contributed by atoms with Crippen LogP contribution >= 0.6 is 56.3 Å². The minimum absolute atomic E-state index is 0.0395. The van der Waals surface area contributed by atoms with Gasteiger partial charge in [0, 0.05) is 8.95 Å². The molecule has 4 rings (SSSR count). The number of hydrogen-bond donors (Lipinski definition) is 4. The van der Waals surface area contributed by atoms with Crippen LogP contribution in [0.2, 0.25) is 0 Å². The fraction of sp³-hybridized carbons (Fsp3) is 0. The van der Waals surface area contributed by atoms with E-state index in [4.69, 9.17) is 24.4 Å². The van der Waals surface area contributed by atoms with Crippen LogP contribution in [0.1, 0.15) is 20.7 Å². The lowest BCUT2D eigenvalue weighted by atomic mass is 10.2. The van der Waals surface area contributed by atoms with E-state index in [0.29, 0.717) is 25.6 Å². The van der Waals surface area contributed by atoms with Crippen molar-refractivity contribution in [3.63, 3.8) is 0 Å². The van der Waals surface area contributed by atoms with Crippen LogP contribution in [0.4, 0.5) is 5.95 Å². The number of nitrogens with zero attached hydrogens (tertiary/aromatic N) is 2. The van der Waals surface area contributed by atoms with Crippen molar-refractivity contribution in [1.82, 2.24) is 26.0 Å². The Morgan fingerprint density at radius 2 is 1.34 bits per heavy atom. The van der Waals surface area contributed by atoms with E-state index in [1.54, 1.807) is 48.5 Å². The van der Waals surface area contributed by atoms with E-state index in [9.17, 15) is 9.59 Å². The Morgan fingerprint density at radius 1 is 0.800 bits per heavy atom. The average molecular weight is 632 g/mol. The Kier molecular flexibility index (Phi) is 7.86. The Bertz CT molecular complexity index is 1430. The number of fused-ring (bicyclic) bond motifs is 1. The summed E-state index contributed by atoms with van der Waals surface area (Å²) < 4.78 is 1.23. The van der Waals surface area contributed by atoms with Gasteiger partial charge in [-0.2, -0.15) is 5.01 Å². The number of imidazole rings is 1. The fourth-order valence-electron chi connectivity index (χ4n) is 3.06. The molecule has 0 saturated carbocycles. The van der Waals surface area contributed by atoms with Crippen molar-refractivity contribution < 1.29 is 9.59 Å². The number of hydrazine groups is 1. The summed E-state index contributed by atoms with van der Waals surface area (Å²) in [7, 11) is 0. The third-order valence-electron chi connectivity index (χ3n) is 4.69. The number of rotatable bonds is 3. The summed E-state index contributed by atoms with van der Waals surface area (Å²) in [4.78, 5) is 33.2. The first-order valence-electron chi connectivity index (χ1n) is 10.0. The number of aromatic amines is 1. The molecule has 8 nitrogen and oxygen atoms in total. The van der Waals surface area contributed by atoms with E-state index < -0.39 is 11.8 Å². The van der Waals surface area contributed by atoms with Gasteiger partial charge in [0.15, 0.2) is 5.11 Å². The summed E-state index contributed by atoms with van der Waals surface area (Å²) in [6, 6.07) is 21.3. The van der Waals surface area contributed by atoms with Gasteiger partial charge in [-0.25, -0.2) is 4.98 Å². The molecule has 0 bridgehead atoms. The summed E-state index contributed by atoms with van der Waals surface area (Å²) >= 11 is 17.6. The van der Waals surface area contributed by atoms with Gasteiger partial charge in [0.1, 0.15) is 0 Å². The summed E-state index contributed by atoms with van der Waals surface area (Å²) in [5.41, 5.74) is 5.06. The number of aromatic nitrogens is 2. The van der Waals surface area contributed by atoms with Gasteiger partial charge in [0.2, 0.25) is 11.1 Å². The highest BCUT2D eigenvalue weighted by atomic mass is 79.9. The number of hydrogen-bond acceptors (Lipinski definition) is 5. The van der Waals surface area contributed by atoms with Gasteiger partial charge in [-0.05, 0) is 92.7 Å². The van der Waals surface area contributed by atoms with Crippen molar-refractivity contribution in [3.05, 3.63) is 92.9 Å². The minimum Gasteiger partial charge on any atom is -0.322 e. The lowest BCUT2D eigenvalue weighted by Crippen LogP contribution is -2.56. The first-order chi connectivity index (χ1) is 16.8. The Balaban J connectivity index is 1.57. The second kappa shape index (κ2) is 11.0. The number of benzene rings is 3. The van der Waals surface area contributed by atoms with Gasteiger partial charge < -0.3 is 4.98 Å². The minimum atomic E-state index is -0.437. The number of carbonyl (C=O) groups is 2. The number of para-hydroxylation sites is 2. The van der Waals surface area contributed by atoms with E-state index in [2.05, 4.69) is 57.9 Å². The lowest BCUT2D eigenvalue weighted by Gasteiger charge is -2.24. The molecule has 1 heterocycles. The standard InChI is InChI=1S/C23H16Br2N6O2S2/c24-15-9-3-1-7-13(15)19(32)28-22(34)30-31(21-26-17-11-5-6-12-18(17)27-21)23(35)29-20(33)14-8-2-4-10-16(14)25/h1-12H,(H,26,27)(H,29,33,35)(H2,28,30,32,34). The van der Waals surface area contributed by atoms with Gasteiger partial charge in [-0.15, -0.1) is 0 Å². The fourth-order valence-corrected chi connectivity index (χ4v) is 4.39. The SMILES string of the molecule is O=C(NC(=S)NN(C(=S)NC(=O)c1ccccc1Br)c1nc2ccccc2[nH]1)c1ccccc1Br. The number of carbonyl (C=O) groups excluding carboxylic acids is 2. The lowest BCUT2D eigenvalue weighted by molar-refractivity contribution is 0.0966. The van der Waals surface area contributed by atoms with Crippen LogP contribution in [0.25, 0.3) is 11.0 Å². The predicted octanol–water partition coefficient (Wildman–Crippen LogP) is 4.83.